The summed E-state index contributed by atoms with van der Waals surface area (Å²) in [4.78, 5) is 28.4. The quantitative estimate of drug-likeness (QED) is 0.839. The molecule has 1 amide bonds. The highest BCUT2D eigenvalue weighted by atomic mass is 32.1. The molecule has 1 unspecified atom stereocenters. The number of thiazole rings is 1. The minimum atomic E-state index is -0.925. The Kier molecular flexibility index (Phi) is 5.22. The molecule has 0 bridgehead atoms. The summed E-state index contributed by atoms with van der Waals surface area (Å²) in [6.07, 6.45) is 4.89. The summed E-state index contributed by atoms with van der Waals surface area (Å²) in [5.41, 5.74) is 1.01. The van der Waals surface area contributed by atoms with Gasteiger partial charge in [0.15, 0.2) is 5.13 Å². The van der Waals surface area contributed by atoms with Crippen molar-refractivity contribution in [2.45, 2.75) is 31.8 Å². The number of carboxylic acid groups (broad SMARTS) is 1. The molecule has 0 saturated carbocycles. The van der Waals surface area contributed by atoms with Gasteiger partial charge in [0.2, 0.25) is 0 Å². The van der Waals surface area contributed by atoms with E-state index in [0.29, 0.717) is 16.3 Å². The van der Waals surface area contributed by atoms with Crippen LogP contribution in [0, 0.1) is 0 Å². The van der Waals surface area contributed by atoms with E-state index in [1.54, 1.807) is 30.5 Å². The van der Waals surface area contributed by atoms with Crippen LogP contribution < -0.4 is 5.32 Å². The van der Waals surface area contributed by atoms with Crippen LogP contribution in [-0.4, -0.2) is 34.7 Å². The van der Waals surface area contributed by atoms with Gasteiger partial charge in [-0.3, -0.25) is 14.9 Å². The Morgan fingerprint density at radius 3 is 3.04 bits per heavy atom. The van der Waals surface area contributed by atoms with E-state index in [0.717, 1.165) is 30.7 Å². The van der Waals surface area contributed by atoms with Crippen LogP contribution >= 0.6 is 11.3 Å². The SMILES string of the molecule is O=C(O)Cc1cccc(C(=O)Nc2ncc(CC3CCCO3)s2)c1. The van der Waals surface area contributed by atoms with Gasteiger partial charge in [-0.2, -0.15) is 0 Å². The number of carbonyl (C=O) groups excluding carboxylic acids is 1. The Bertz CT molecular complexity index is 738. The predicted octanol–water partition coefficient (Wildman–Crippen LogP) is 2.74. The molecule has 1 aromatic carbocycles. The number of hydrogen-bond donors (Lipinski definition) is 2. The molecule has 1 atom stereocenters. The van der Waals surface area contributed by atoms with Gasteiger partial charge in [-0.15, -0.1) is 11.3 Å². The third-order valence-corrected chi connectivity index (χ3v) is 4.71. The van der Waals surface area contributed by atoms with Crippen molar-refractivity contribution < 1.29 is 19.4 Å². The van der Waals surface area contributed by atoms with E-state index < -0.39 is 5.97 Å². The van der Waals surface area contributed by atoms with Crippen molar-refractivity contribution in [1.82, 2.24) is 4.98 Å². The Hall–Kier alpha value is -2.25. The van der Waals surface area contributed by atoms with Crippen LogP contribution in [0.25, 0.3) is 0 Å². The van der Waals surface area contributed by atoms with Crippen molar-refractivity contribution in [1.29, 1.82) is 0 Å². The van der Waals surface area contributed by atoms with E-state index in [1.807, 2.05) is 0 Å². The van der Waals surface area contributed by atoms with Gasteiger partial charge in [0, 0.05) is 29.7 Å². The zero-order chi connectivity index (χ0) is 16.9. The minimum absolute atomic E-state index is 0.107. The van der Waals surface area contributed by atoms with E-state index in [2.05, 4.69) is 10.3 Å². The first-order valence-corrected chi connectivity index (χ1v) is 8.60. The van der Waals surface area contributed by atoms with Crippen LogP contribution in [0.3, 0.4) is 0 Å². The summed E-state index contributed by atoms with van der Waals surface area (Å²) in [5.74, 6) is -1.22. The molecule has 1 aliphatic heterocycles. The molecular formula is C17H18N2O4S. The van der Waals surface area contributed by atoms with Crippen LogP contribution in [0.4, 0.5) is 5.13 Å². The third-order valence-electron chi connectivity index (χ3n) is 3.77. The summed E-state index contributed by atoms with van der Waals surface area (Å²) >= 11 is 1.44. The summed E-state index contributed by atoms with van der Waals surface area (Å²) in [7, 11) is 0. The number of nitrogens with one attached hydrogen (secondary N) is 1. The van der Waals surface area contributed by atoms with Gasteiger partial charge in [0.25, 0.3) is 5.91 Å². The van der Waals surface area contributed by atoms with E-state index >= 15 is 0 Å². The lowest BCUT2D eigenvalue weighted by atomic mass is 10.1. The number of nitrogens with zero attached hydrogens (tertiary/aromatic N) is 1. The fraction of sp³-hybridized carbons (Fsp3) is 0.353. The summed E-state index contributed by atoms with van der Waals surface area (Å²) < 4.78 is 5.60. The van der Waals surface area contributed by atoms with Gasteiger partial charge in [0.1, 0.15) is 0 Å². The molecular weight excluding hydrogens is 328 g/mol. The smallest absolute Gasteiger partial charge is 0.307 e. The number of rotatable bonds is 6. The maximum Gasteiger partial charge on any atom is 0.307 e. The molecule has 1 aliphatic rings. The first-order valence-electron chi connectivity index (χ1n) is 7.78. The zero-order valence-electron chi connectivity index (χ0n) is 13.0. The predicted molar refractivity (Wildman–Crippen MR) is 90.5 cm³/mol. The largest absolute Gasteiger partial charge is 0.481 e. The second-order valence-electron chi connectivity index (χ2n) is 5.70. The Balaban J connectivity index is 1.62. The van der Waals surface area contributed by atoms with Crippen molar-refractivity contribution in [3.05, 3.63) is 46.5 Å². The number of aliphatic carboxylic acids is 1. The fourth-order valence-electron chi connectivity index (χ4n) is 2.66. The van der Waals surface area contributed by atoms with E-state index in [4.69, 9.17) is 9.84 Å². The number of carboxylic acids is 1. The Morgan fingerprint density at radius 1 is 1.42 bits per heavy atom. The molecule has 1 saturated heterocycles. The first kappa shape index (κ1) is 16.6. The molecule has 3 rings (SSSR count). The highest BCUT2D eigenvalue weighted by Crippen LogP contribution is 2.24. The zero-order valence-corrected chi connectivity index (χ0v) is 13.8. The number of benzene rings is 1. The number of carbonyl (C=O) groups is 2. The molecule has 0 aliphatic carbocycles. The third kappa shape index (κ3) is 4.39. The van der Waals surface area contributed by atoms with Crippen LogP contribution in [0.1, 0.15) is 33.6 Å². The summed E-state index contributed by atoms with van der Waals surface area (Å²) in [5, 5.41) is 12.1. The van der Waals surface area contributed by atoms with Crippen LogP contribution in [0.15, 0.2) is 30.5 Å². The number of aromatic nitrogens is 1. The lowest BCUT2D eigenvalue weighted by Gasteiger charge is -2.06. The van der Waals surface area contributed by atoms with Crippen molar-refractivity contribution in [2.75, 3.05) is 11.9 Å². The number of ether oxygens (including phenoxy) is 1. The molecule has 2 heterocycles. The van der Waals surface area contributed by atoms with Gasteiger partial charge < -0.3 is 9.84 Å². The maximum atomic E-state index is 12.3. The molecule has 6 nitrogen and oxygen atoms in total. The van der Waals surface area contributed by atoms with Crippen molar-refractivity contribution in [3.8, 4) is 0 Å². The lowest BCUT2D eigenvalue weighted by Crippen LogP contribution is -2.12. The van der Waals surface area contributed by atoms with Crippen molar-refractivity contribution >= 4 is 28.3 Å². The monoisotopic (exact) mass is 346 g/mol. The highest BCUT2D eigenvalue weighted by molar-refractivity contribution is 7.15. The molecule has 2 aromatic rings. The van der Waals surface area contributed by atoms with E-state index in [-0.39, 0.29) is 18.4 Å². The molecule has 2 N–H and O–H groups in total. The van der Waals surface area contributed by atoms with Gasteiger partial charge in [0.05, 0.1) is 12.5 Å². The number of hydrogen-bond acceptors (Lipinski definition) is 5. The van der Waals surface area contributed by atoms with Crippen LogP contribution in [0.2, 0.25) is 0 Å². The molecule has 0 radical (unpaired) electrons. The van der Waals surface area contributed by atoms with E-state index in [1.165, 1.54) is 11.3 Å². The maximum absolute atomic E-state index is 12.3. The average molecular weight is 346 g/mol. The first-order chi connectivity index (χ1) is 11.6. The standard InChI is InChI=1S/C17H18N2O4S/c20-15(21)8-11-3-1-4-12(7-11)16(22)19-17-18-10-14(24-17)9-13-5-2-6-23-13/h1,3-4,7,10,13H,2,5-6,8-9H2,(H,20,21)(H,18,19,22). The molecule has 1 aromatic heterocycles. The van der Waals surface area contributed by atoms with Crippen molar-refractivity contribution in [2.24, 2.45) is 0 Å². The number of amides is 1. The van der Waals surface area contributed by atoms with Crippen LogP contribution in [0.5, 0.6) is 0 Å². The molecule has 24 heavy (non-hydrogen) atoms. The van der Waals surface area contributed by atoms with Crippen LogP contribution in [-0.2, 0) is 22.4 Å². The molecule has 7 heteroatoms. The summed E-state index contributed by atoms with van der Waals surface area (Å²) in [6.45, 7) is 0.819. The van der Waals surface area contributed by atoms with Gasteiger partial charge >= 0.3 is 5.97 Å². The van der Waals surface area contributed by atoms with Crippen molar-refractivity contribution in [3.63, 3.8) is 0 Å². The Labute approximate surface area is 143 Å². The lowest BCUT2D eigenvalue weighted by molar-refractivity contribution is -0.136. The van der Waals surface area contributed by atoms with Gasteiger partial charge in [-0.1, -0.05) is 12.1 Å². The summed E-state index contributed by atoms with van der Waals surface area (Å²) in [6, 6.07) is 6.61. The average Bonchev–Trinajstić information content (AvgIpc) is 3.19. The molecule has 126 valence electrons. The second kappa shape index (κ2) is 7.55. The number of anilines is 1. The molecule has 1 fully saturated rings. The topological polar surface area (TPSA) is 88.5 Å². The fourth-order valence-corrected chi connectivity index (χ4v) is 3.53. The van der Waals surface area contributed by atoms with Gasteiger partial charge in [-0.25, -0.2) is 4.98 Å². The van der Waals surface area contributed by atoms with E-state index in [9.17, 15) is 9.59 Å². The second-order valence-corrected chi connectivity index (χ2v) is 6.81. The normalized spacial score (nSPS) is 16.9. The van der Waals surface area contributed by atoms with Gasteiger partial charge in [-0.05, 0) is 30.5 Å². The molecule has 0 spiro atoms. The Morgan fingerprint density at radius 2 is 2.29 bits per heavy atom. The highest BCUT2D eigenvalue weighted by Gasteiger charge is 2.18. The minimum Gasteiger partial charge on any atom is -0.481 e.